The number of amides is 1. The van der Waals surface area contributed by atoms with Crippen molar-refractivity contribution in [3.63, 3.8) is 0 Å². The van der Waals surface area contributed by atoms with Crippen LogP contribution in [0.25, 0.3) is 16.5 Å². The summed E-state index contributed by atoms with van der Waals surface area (Å²) < 4.78 is 5.95. The molecule has 1 fully saturated rings. The van der Waals surface area contributed by atoms with Crippen molar-refractivity contribution < 1.29 is 29.6 Å². The molecule has 0 radical (unpaired) electrons. The first-order valence-electron chi connectivity index (χ1n) is 21.3. The SMILES string of the molecule is O=C(c1ccc(CCNCC(O)c2ccc(O)c3[nH]c(=O)ccc23)cc1)N1CC=C(c2cccc(C(O)(C(=O)OCC3CCN(Cc4ccccc4)CC3)c3ccccc3)c2)C1. The van der Waals surface area contributed by atoms with Crippen molar-refractivity contribution in [2.75, 3.05) is 45.9 Å². The normalized spacial score (nSPS) is 16.2. The van der Waals surface area contributed by atoms with Gasteiger partial charge < -0.3 is 35.3 Å². The monoisotopic (exact) mass is 832 g/mol. The van der Waals surface area contributed by atoms with Crippen LogP contribution in [-0.2, 0) is 28.1 Å². The van der Waals surface area contributed by atoms with E-state index in [2.05, 4.69) is 39.5 Å². The fraction of sp³-hybridized carbons (Fsp3) is 0.275. The van der Waals surface area contributed by atoms with E-state index in [1.54, 1.807) is 47.4 Å². The van der Waals surface area contributed by atoms with E-state index in [4.69, 9.17) is 4.74 Å². The molecule has 6 aromatic rings. The number of carbonyl (C=O) groups is 2. The smallest absolute Gasteiger partial charge is 0.347 e. The van der Waals surface area contributed by atoms with Crippen LogP contribution in [0.2, 0.25) is 0 Å². The van der Waals surface area contributed by atoms with E-state index in [-0.39, 0.29) is 36.3 Å². The summed E-state index contributed by atoms with van der Waals surface area (Å²) in [5, 5.41) is 37.2. The zero-order valence-electron chi connectivity index (χ0n) is 34.6. The van der Waals surface area contributed by atoms with Gasteiger partial charge in [0.1, 0.15) is 5.75 Å². The van der Waals surface area contributed by atoms with E-state index in [0.29, 0.717) is 59.2 Å². The molecule has 11 nitrogen and oxygen atoms in total. The molecule has 62 heavy (non-hydrogen) atoms. The highest BCUT2D eigenvalue weighted by atomic mass is 16.5. The predicted molar refractivity (Wildman–Crippen MR) is 239 cm³/mol. The topological polar surface area (TPSA) is 155 Å². The predicted octanol–water partition coefficient (Wildman–Crippen LogP) is 6.33. The number of H-pyrrole nitrogens is 1. The van der Waals surface area contributed by atoms with Gasteiger partial charge in [-0.15, -0.1) is 0 Å². The van der Waals surface area contributed by atoms with Gasteiger partial charge in [0.25, 0.3) is 5.91 Å². The van der Waals surface area contributed by atoms with E-state index >= 15 is 0 Å². The Labute approximate surface area is 360 Å². The van der Waals surface area contributed by atoms with Gasteiger partial charge in [-0.1, -0.05) is 103 Å². The van der Waals surface area contributed by atoms with Crippen molar-refractivity contribution in [1.29, 1.82) is 0 Å². The molecule has 0 aliphatic carbocycles. The van der Waals surface area contributed by atoms with Gasteiger partial charge in [0.15, 0.2) is 0 Å². The number of hydrogen-bond donors (Lipinski definition) is 5. The minimum atomic E-state index is -2.03. The number of phenols is 1. The summed E-state index contributed by atoms with van der Waals surface area (Å²) >= 11 is 0. The number of ether oxygens (including phenoxy) is 1. The number of aromatic hydroxyl groups is 1. The highest BCUT2D eigenvalue weighted by molar-refractivity contribution is 5.96. The third-order valence-corrected chi connectivity index (χ3v) is 12.1. The van der Waals surface area contributed by atoms with Crippen molar-refractivity contribution >= 4 is 28.4 Å². The molecule has 2 unspecified atom stereocenters. The number of hydrogen-bond acceptors (Lipinski definition) is 9. The Morgan fingerprint density at radius 2 is 1.56 bits per heavy atom. The van der Waals surface area contributed by atoms with Crippen molar-refractivity contribution in [2.24, 2.45) is 5.92 Å². The molecule has 8 rings (SSSR count). The zero-order valence-corrected chi connectivity index (χ0v) is 34.6. The number of aliphatic hydroxyl groups excluding tert-OH is 1. The summed E-state index contributed by atoms with van der Waals surface area (Å²) in [5.41, 5.74) is 3.98. The van der Waals surface area contributed by atoms with Gasteiger partial charge in [-0.2, -0.15) is 0 Å². The largest absolute Gasteiger partial charge is 0.506 e. The first kappa shape index (κ1) is 42.3. The number of pyridine rings is 1. The van der Waals surface area contributed by atoms with E-state index in [9.17, 15) is 29.7 Å². The summed E-state index contributed by atoms with van der Waals surface area (Å²) in [7, 11) is 0. The molecule has 2 atom stereocenters. The maximum absolute atomic E-state index is 14.0. The molecule has 0 bridgehead atoms. The highest BCUT2D eigenvalue weighted by Gasteiger charge is 2.42. The van der Waals surface area contributed by atoms with Gasteiger partial charge in [0, 0.05) is 48.8 Å². The fourth-order valence-electron chi connectivity index (χ4n) is 8.52. The Bertz CT molecular complexity index is 2590. The van der Waals surface area contributed by atoms with Crippen LogP contribution in [0.5, 0.6) is 5.75 Å². The first-order chi connectivity index (χ1) is 30.2. The average Bonchev–Trinajstić information content (AvgIpc) is 3.81. The second-order valence-corrected chi connectivity index (χ2v) is 16.3. The minimum absolute atomic E-state index is 0.0551. The average molecular weight is 833 g/mol. The lowest BCUT2D eigenvalue weighted by Gasteiger charge is -2.33. The summed E-state index contributed by atoms with van der Waals surface area (Å²) in [6.07, 6.45) is 3.64. The standard InChI is InChI=1S/C51H52N4O7/c56-45-20-18-43(44-19-21-47(58)53-48(44)45)46(57)31-52-26-22-35-14-16-38(17-15-35)49(59)55-29-25-40(33-55)39-10-7-13-42(30-39)51(61,41-11-5-2-6-12-41)50(60)62-34-37-23-27-54(28-24-37)32-36-8-3-1-4-9-36/h1-21,25,30,37,46,52,56-57,61H,22-24,26-29,31-34H2,(H,53,58). The van der Waals surface area contributed by atoms with Crippen LogP contribution in [0.15, 0.2) is 144 Å². The minimum Gasteiger partial charge on any atom is -0.506 e. The molecule has 2 aliphatic rings. The number of aromatic nitrogens is 1. The van der Waals surface area contributed by atoms with Gasteiger partial charge in [0.05, 0.1) is 18.2 Å². The van der Waals surface area contributed by atoms with E-state index in [1.165, 1.54) is 17.7 Å². The number of aromatic amines is 1. The summed E-state index contributed by atoms with van der Waals surface area (Å²) in [5.74, 6) is -0.652. The lowest BCUT2D eigenvalue weighted by atomic mass is 9.85. The van der Waals surface area contributed by atoms with Crippen LogP contribution in [0.4, 0.5) is 0 Å². The van der Waals surface area contributed by atoms with Crippen LogP contribution in [0, 0.1) is 5.92 Å². The van der Waals surface area contributed by atoms with Crippen molar-refractivity contribution in [1.82, 2.24) is 20.1 Å². The lowest BCUT2D eigenvalue weighted by Crippen LogP contribution is -2.40. The van der Waals surface area contributed by atoms with Crippen LogP contribution in [0.1, 0.15) is 62.7 Å². The number of rotatable bonds is 15. The lowest BCUT2D eigenvalue weighted by molar-refractivity contribution is -0.164. The van der Waals surface area contributed by atoms with Crippen LogP contribution in [-0.4, -0.2) is 87.9 Å². The maximum atomic E-state index is 14.0. The quantitative estimate of drug-likeness (QED) is 0.0590. The molecule has 2 aliphatic heterocycles. The molecule has 1 amide bonds. The number of piperidine rings is 1. The third kappa shape index (κ3) is 9.56. The first-order valence-corrected chi connectivity index (χ1v) is 21.3. The van der Waals surface area contributed by atoms with Crippen LogP contribution >= 0.6 is 0 Å². The molecule has 5 N–H and O–H groups in total. The Balaban J connectivity index is 0.848. The van der Waals surface area contributed by atoms with E-state index < -0.39 is 17.7 Å². The van der Waals surface area contributed by atoms with Crippen molar-refractivity contribution in [3.8, 4) is 5.75 Å². The van der Waals surface area contributed by atoms with Crippen LogP contribution < -0.4 is 10.9 Å². The fourth-order valence-corrected chi connectivity index (χ4v) is 8.52. The molecule has 11 heteroatoms. The Morgan fingerprint density at radius 3 is 2.32 bits per heavy atom. The molecule has 1 aromatic heterocycles. The summed E-state index contributed by atoms with van der Waals surface area (Å²) in [6, 6.07) is 40.3. The second kappa shape index (κ2) is 19.1. The van der Waals surface area contributed by atoms with E-state index in [0.717, 1.165) is 49.2 Å². The number of nitrogens with zero attached hydrogens (tertiary/aromatic N) is 2. The number of esters is 1. The van der Waals surface area contributed by atoms with Gasteiger partial charge in [0.2, 0.25) is 11.2 Å². The molecular weight excluding hydrogens is 781 g/mol. The number of phenolic OH excluding ortho intramolecular Hbond substituents is 1. The number of benzene rings is 5. The highest BCUT2D eigenvalue weighted by Crippen LogP contribution is 2.35. The Morgan fingerprint density at radius 1 is 0.839 bits per heavy atom. The summed E-state index contributed by atoms with van der Waals surface area (Å²) in [4.78, 5) is 46.2. The summed E-state index contributed by atoms with van der Waals surface area (Å²) in [6.45, 7) is 4.63. The van der Waals surface area contributed by atoms with Gasteiger partial charge in [-0.05, 0) is 109 Å². The molecule has 0 spiro atoms. The number of likely N-dealkylation sites (tertiary alicyclic amines) is 1. The molecule has 1 saturated heterocycles. The zero-order chi connectivity index (χ0) is 43.1. The van der Waals surface area contributed by atoms with Gasteiger partial charge >= 0.3 is 5.97 Å². The Hall–Kier alpha value is -6.37. The molecule has 5 aromatic carbocycles. The van der Waals surface area contributed by atoms with E-state index in [1.807, 2.05) is 60.7 Å². The Kier molecular flexibility index (Phi) is 13.1. The van der Waals surface area contributed by atoms with Gasteiger partial charge in [-0.25, -0.2) is 4.79 Å². The molecular formula is C51H52N4O7. The van der Waals surface area contributed by atoms with Crippen molar-refractivity contribution in [3.05, 3.63) is 189 Å². The number of aliphatic hydroxyl groups is 2. The van der Waals surface area contributed by atoms with Crippen LogP contribution in [0.3, 0.4) is 0 Å². The number of carbonyl (C=O) groups excluding carboxylic acids is 2. The number of nitrogens with one attached hydrogen (secondary N) is 2. The molecule has 318 valence electrons. The van der Waals surface area contributed by atoms with Crippen molar-refractivity contribution in [2.45, 2.75) is 37.5 Å². The second-order valence-electron chi connectivity index (χ2n) is 16.3. The maximum Gasteiger partial charge on any atom is 0.347 e. The number of fused-ring (bicyclic) bond motifs is 1. The van der Waals surface area contributed by atoms with Gasteiger partial charge in [-0.3, -0.25) is 14.5 Å². The third-order valence-electron chi connectivity index (χ3n) is 12.1. The molecule has 3 heterocycles. The molecule has 0 saturated carbocycles.